The highest BCUT2D eigenvalue weighted by molar-refractivity contribution is 5.51. The molecule has 3 heterocycles. The van der Waals surface area contributed by atoms with Crippen molar-refractivity contribution in [3.63, 3.8) is 0 Å². The average molecular weight is 259 g/mol. The van der Waals surface area contributed by atoms with Crippen molar-refractivity contribution in [2.75, 3.05) is 18.0 Å². The highest BCUT2D eigenvalue weighted by atomic mass is 16.5. The van der Waals surface area contributed by atoms with Crippen molar-refractivity contribution in [3.05, 3.63) is 22.9 Å². The molecule has 0 spiro atoms. The number of aryl methyl sites for hydroxylation is 2. The van der Waals surface area contributed by atoms with Gasteiger partial charge in [0.2, 0.25) is 0 Å². The van der Waals surface area contributed by atoms with Crippen LogP contribution < -0.4 is 10.6 Å². The summed E-state index contributed by atoms with van der Waals surface area (Å²) in [5.41, 5.74) is 9.86. The highest BCUT2D eigenvalue weighted by Gasteiger charge is 2.35. The van der Waals surface area contributed by atoms with Crippen LogP contribution in [0.4, 0.5) is 5.82 Å². The van der Waals surface area contributed by atoms with Gasteiger partial charge in [0.1, 0.15) is 5.82 Å². The summed E-state index contributed by atoms with van der Waals surface area (Å²) >= 11 is 0. The Morgan fingerprint density at radius 2 is 2.05 bits per heavy atom. The first-order valence-electron chi connectivity index (χ1n) is 7.45. The minimum atomic E-state index is 0.402. The van der Waals surface area contributed by atoms with Crippen molar-refractivity contribution in [1.29, 1.82) is 0 Å². The number of nitrogens with zero attached hydrogens (tertiary/aromatic N) is 2. The number of fused-ring (bicyclic) bond motifs is 3. The van der Waals surface area contributed by atoms with Gasteiger partial charge in [-0.15, -0.1) is 0 Å². The fraction of sp³-hybridized carbons (Fsp3) is 0.667. The molecule has 0 radical (unpaired) electrons. The summed E-state index contributed by atoms with van der Waals surface area (Å²) in [6, 6.07) is 2.29. The number of rotatable bonds is 2. The number of hydrogen-bond donors (Lipinski definition) is 1. The minimum absolute atomic E-state index is 0.402. The molecule has 2 saturated heterocycles. The third kappa shape index (κ3) is 1.94. The monoisotopic (exact) mass is 259 g/mol. The van der Waals surface area contributed by atoms with E-state index in [0.717, 1.165) is 25.3 Å². The van der Waals surface area contributed by atoms with E-state index in [2.05, 4.69) is 11.0 Å². The molecule has 2 unspecified atom stereocenters. The Labute approximate surface area is 113 Å². The van der Waals surface area contributed by atoms with Gasteiger partial charge in [-0.25, -0.2) is 4.98 Å². The number of hydrogen-bond acceptors (Lipinski definition) is 4. The van der Waals surface area contributed by atoms with Gasteiger partial charge in [0.25, 0.3) is 0 Å². The number of ether oxygens (including phenoxy) is 1. The van der Waals surface area contributed by atoms with Crippen molar-refractivity contribution in [3.8, 4) is 0 Å². The lowest BCUT2D eigenvalue weighted by Crippen LogP contribution is -2.43. The van der Waals surface area contributed by atoms with E-state index in [1.54, 1.807) is 0 Å². The Balaban J connectivity index is 1.70. The summed E-state index contributed by atoms with van der Waals surface area (Å²) in [6.07, 6.45) is 6.74. The van der Waals surface area contributed by atoms with Crippen molar-refractivity contribution < 1.29 is 4.74 Å². The lowest BCUT2D eigenvalue weighted by Gasteiger charge is -2.34. The highest BCUT2D eigenvalue weighted by Crippen LogP contribution is 2.32. The van der Waals surface area contributed by atoms with Gasteiger partial charge < -0.3 is 15.4 Å². The summed E-state index contributed by atoms with van der Waals surface area (Å²) in [7, 11) is 0. The smallest absolute Gasteiger partial charge is 0.133 e. The zero-order valence-electron chi connectivity index (χ0n) is 11.3. The molecule has 2 bridgehead atoms. The van der Waals surface area contributed by atoms with Crippen molar-refractivity contribution in [1.82, 2.24) is 4.98 Å². The number of pyridine rings is 1. The topological polar surface area (TPSA) is 51.4 Å². The standard InChI is InChI=1S/C15H21N3O/c16-7-11-6-10-2-1-3-14(10)17-15(11)18-8-12-4-5-13(9-18)19-12/h6,12-13H,1-5,7-9,16H2. The van der Waals surface area contributed by atoms with Crippen LogP contribution in [-0.4, -0.2) is 30.3 Å². The van der Waals surface area contributed by atoms with E-state index in [0.29, 0.717) is 18.8 Å². The van der Waals surface area contributed by atoms with Gasteiger partial charge in [0, 0.05) is 30.9 Å². The van der Waals surface area contributed by atoms with E-state index < -0.39 is 0 Å². The zero-order valence-corrected chi connectivity index (χ0v) is 11.3. The Morgan fingerprint density at radius 1 is 1.26 bits per heavy atom. The van der Waals surface area contributed by atoms with Gasteiger partial charge >= 0.3 is 0 Å². The molecule has 2 aliphatic heterocycles. The second-order valence-corrected chi connectivity index (χ2v) is 6.00. The molecule has 19 heavy (non-hydrogen) atoms. The van der Waals surface area contributed by atoms with Gasteiger partial charge in [-0.3, -0.25) is 0 Å². The van der Waals surface area contributed by atoms with Crippen LogP contribution in [0, 0.1) is 0 Å². The molecule has 4 nitrogen and oxygen atoms in total. The van der Waals surface area contributed by atoms with Crippen LogP contribution in [0.3, 0.4) is 0 Å². The van der Waals surface area contributed by atoms with E-state index in [9.17, 15) is 0 Å². The Kier molecular flexibility index (Phi) is 2.74. The van der Waals surface area contributed by atoms with E-state index in [1.165, 1.54) is 42.5 Å². The van der Waals surface area contributed by atoms with Gasteiger partial charge in [-0.2, -0.15) is 0 Å². The molecule has 2 atom stereocenters. The van der Waals surface area contributed by atoms with E-state index in [-0.39, 0.29) is 0 Å². The molecule has 0 aromatic carbocycles. The molecular formula is C15H21N3O. The lowest BCUT2D eigenvalue weighted by atomic mass is 10.1. The fourth-order valence-electron chi connectivity index (χ4n) is 3.72. The third-order valence-corrected chi connectivity index (χ3v) is 4.67. The van der Waals surface area contributed by atoms with Crippen molar-refractivity contribution in [2.45, 2.75) is 50.9 Å². The second kappa shape index (κ2) is 4.46. The first-order valence-corrected chi connectivity index (χ1v) is 7.45. The van der Waals surface area contributed by atoms with Crippen LogP contribution in [-0.2, 0) is 24.1 Å². The van der Waals surface area contributed by atoms with Crippen LogP contribution in [0.25, 0.3) is 0 Å². The third-order valence-electron chi connectivity index (χ3n) is 4.67. The van der Waals surface area contributed by atoms with Crippen LogP contribution in [0.2, 0.25) is 0 Å². The SMILES string of the molecule is NCc1cc2c(nc1N1CC3CCC(C1)O3)CCC2. The number of aromatic nitrogens is 1. The summed E-state index contributed by atoms with van der Waals surface area (Å²) in [4.78, 5) is 7.34. The van der Waals surface area contributed by atoms with Crippen LogP contribution >= 0.6 is 0 Å². The molecule has 2 fully saturated rings. The summed E-state index contributed by atoms with van der Waals surface area (Å²) in [6.45, 7) is 2.55. The van der Waals surface area contributed by atoms with Gasteiger partial charge in [-0.05, 0) is 43.7 Å². The number of morpholine rings is 1. The van der Waals surface area contributed by atoms with E-state index in [1.807, 2.05) is 0 Å². The first kappa shape index (κ1) is 11.7. The molecule has 102 valence electrons. The molecule has 1 aromatic heterocycles. The van der Waals surface area contributed by atoms with E-state index >= 15 is 0 Å². The Morgan fingerprint density at radius 3 is 2.79 bits per heavy atom. The molecule has 4 rings (SSSR count). The zero-order chi connectivity index (χ0) is 12.8. The van der Waals surface area contributed by atoms with Gasteiger partial charge in [0.05, 0.1) is 12.2 Å². The first-order chi connectivity index (χ1) is 9.33. The largest absolute Gasteiger partial charge is 0.371 e. The minimum Gasteiger partial charge on any atom is -0.371 e. The molecule has 1 aliphatic carbocycles. The Bertz CT molecular complexity index is 490. The molecular weight excluding hydrogens is 238 g/mol. The molecule has 0 amide bonds. The Hall–Kier alpha value is -1.13. The second-order valence-electron chi connectivity index (χ2n) is 6.00. The molecule has 3 aliphatic rings. The van der Waals surface area contributed by atoms with Gasteiger partial charge in [-0.1, -0.05) is 0 Å². The maximum absolute atomic E-state index is 5.94. The summed E-state index contributed by atoms with van der Waals surface area (Å²) in [5, 5.41) is 0. The van der Waals surface area contributed by atoms with Crippen LogP contribution in [0.5, 0.6) is 0 Å². The molecule has 4 heteroatoms. The van der Waals surface area contributed by atoms with Crippen molar-refractivity contribution >= 4 is 5.82 Å². The van der Waals surface area contributed by atoms with Crippen LogP contribution in [0.1, 0.15) is 36.1 Å². The summed E-state index contributed by atoms with van der Waals surface area (Å²) in [5.74, 6) is 1.13. The molecule has 2 N–H and O–H groups in total. The predicted octanol–water partition coefficient (Wildman–Crippen LogP) is 1.40. The number of anilines is 1. The van der Waals surface area contributed by atoms with Gasteiger partial charge in [0.15, 0.2) is 0 Å². The number of nitrogens with two attached hydrogens (primary N) is 1. The predicted molar refractivity (Wildman–Crippen MR) is 74.3 cm³/mol. The average Bonchev–Trinajstić information content (AvgIpc) is 3.02. The maximum atomic E-state index is 5.94. The quantitative estimate of drug-likeness (QED) is 0.872. The normalized spacial score (nSPS) is 28.8. The fourth-order valence-corrected chi connectivity index (χ4v) is 3.72. The maximum Gasteiger partial charge on any atom is 0.133 e. The molecule has 0 saturated carbocycles. The summed E-state index contributed by atoms with van der Waals surface area (Å²) < 4.78 is 5.91. The van der Waals surface area contributed by atoms with Crippen LogP contribution in [0.15, 0.2) is 6.07 Å². The van der Waals surface area contributed by atoms with Crippen molar-refractivity contribution in [2.24, 2.45) is 5.73 Å². The van der Waals surface area contributed by atoms with E-state index in [4.69, 9.17) is 15.5 Å². The lowest BCUT2D eigenvalue weighted by molar-refractivity contribution is 0.0301. The molecule has 1 aromatic rings.